The van der Waals surface area contributed by atoms with Gasteiger partial charge in [-0.2, -0.15) is 0 Å². The normalized spacial score (nSPS) is 13.3. The van der Waals surface area contributed by atoms with Crippen LogP contribution >= 0.6 is 0 Å². The molecule has 0 radical (unpaired) electrons. The molecule has 1 N–H and O–H groups in total. The van der Waals surface area contributed by atoms with Crippen molar-refractivity contribution in [3.63, 3.8) is 0 Å². The van der Waals surface area contributed by atoms with Gasteiger partial charge in [-0.15, -0.1) is 0 Å². The molecule has 7 nitrogen and oxygen atoms in total. The summed E-state index contributed by atoms with van der Waals surface area (Å²) < 4.78 is 5.39. The average Bonchev–Trinajstić information content (AvgIpc) is 3.11. The van der Waals surface area contributed by atoms with Gasteiger partial charge < -0.3 is 9.73 Å². The highest BCUT2D eigenvalue weighted by Gasteiger charge is 2.34. The van der Waals surface area contributed by atoms with Gasteiger partial charge in [0.25, 0.3) is 11.8 Å². The second-order valence-corrected chi connectivity index (χ2v) is 6.02. The highest BCUT2D eigenvalue weighted by molar-refractivity contribution is 6.21. The zero-order valence-corrected chi connectivity index (χ0v) is 14.0. The fourth-order valence-corrected chi connectivity index (χ4v) is 3.00. The summed E-state index contributed by atoms with van der Waals surface area (Å²) in [7, 11) is 0. The molecule has 1 aliphatic heterocycles. The lowest BCUT2D eigenvalue weighted by atomic mass is 10.1. The number of carbonyl (C=O) groups excluding carboxylic acids is 3. The molecule has 2 aromatic carbocycles. The van der Waals surface area contributed by atoms with Gasteiger partial charge in [-0.1, -0.05) is 12.1 Å². The molecule has 2 heterocycles. The van der Waals surface area contributed by atoms with E-state index in [1.807, 2.05) is 0 Å². The first kappa shape index (κ1) is 16.0. The van der Waals surface area contributed by atoms with Crippen LogP contribution in [0.3, 0.4) is 0 Å². The fraction of sp³-hybridized carbons (Fsp3) is 0.158. The molecule has 0 bridgehead atoms. The SMILES string of the molecule is Cc1nc2cc(NC(=O)CCN3C(=O)c4ccccc4C3=O)ccc2o1. The first-order valence-electron chi connectivity index (χ1n) is 8.15. The van der Waals surface area contributed by atoms with E-state index in [1.165, 1.54) is 0 Å². The molecule has 0 saturated heterocycles. The summed E-state index contributed by atoms with van der Waals surface area (Å²) in [5.41, 5.74) is 2.64. The van der Waals surface area contributed by atoms with Crippen molar-refractivity contribution in [3.8, 4) is 0 Å². The van der Waals surface area contributed by atoms with Crippen molar-refractivity contribution >= 4 is 34.5 Å². The second-order valence-electron chi connectivity index (χ2n) is 6.02. The number of nitrogens with one attached hydrogen (secondary N) is 1. The third-order valence-electron chi connectivity index (χ3n) is 4.22. The lowest BCUT2D eigenvalue weighted by Crippen LogP contribution is -2.32. The van der Waals surface area contributed by atoms with Gasteiger partial charge in [-0.05, 0) is 30.3 Å². The van der Waals surface area contributed by atoms with E-state index in [0.717, 1.165) is 4.90 Å². The number of anilines is 1. The Labute approximate surface area is 148 Å². The molecule has 7 heteroatoms. The second kappa shape index (κ2) is 6.11. The lowest BCUT2D eigenvalue weighted by molar-refractivity contribution is -0.116. The maximum atomic E-state index is 12.3. The summed E-state index contributed by atoms with van der Waals surface area (Å²) in [6, 6.07) is 11.8. The number of carbonyl (C=O) groups is 3. The largest absolute Gasteiger partial charge is 0.441 e. The van der Waals surface area contributed by atoms with Crippen LogP contribution in [0.15, 0.2) is 46.9 Å². The van der Waals surface area contributed by atoms with Crippen molar-refractivity contribution in [1.82, 2.24) is 9.88 Å². The van der Waals surface area contributed by atoms with Crippen LogP contribution in [0, 0.1) is 6.92 Å². The minimum absolute atomic E-state index is 0.0152. The van der Waals surface area contributed by atoms with Crippen LogP contribution in [0.25, 0.3) is 11.1 Å². The highest BCUT2D eigenvalue weighted by Crippen LogP contribution is 2.23. The molecule has 4 rings (SSSR count). The van der Waals surface area contributed by atoms with Crippen molar-refractivity contribution in [2.24, 2.45) is 0 Å². The number of rotatable bonds is 4. The molecule has 1 aromatic heterocycles. The molecule has 0 fully saturated rings. The number of amides is 3. The molecule has 0 unspecified atom stereocenters. The van der Waals surface area contributed by atoms with Crippen molar-refractivity contribution in [3.05, 3.63) is 59.5 Å². The van der Waals surface area contributed by atoms with Gasteiger partial charge in [-0.25, -0.2) is 4.98 Å². The van der Waals surface area contributed by atoms with Crippen LogP contribution in [-0.4, -0.2) is 34.2 Å². The molecule has 0 spiro atoms. The minimum atomic E-state index is -0.363. The quantitative estimate of drug-likeness (QED) is 0.731. The van der Waals surface area contributed by atoms with E-state index in [1.54, 1.807) is 49.4 Å². The first-order chi connectivity index (χ1) is 12.5. The number of oxazole rings is 1. The number of hydrogen-bond donors (Lipinski definition) is 1. The molecular formula is C19H15N3O4. The van der Waals surface area contributed by atoms with Crippen LogP contribution in [0.2, 0.25) is 0 Å². The third kappa shape index (κ3) is 2.73. The summed E-state index contributed by atoms with van der Waals surface area (Å²) in [5.74, 6) is -0.467. The molecule has 3 aromatic rings. The Kier molecular flexibility index (Phi) is 3.76. The summed E-state index contributed by atoms with van der Waals surface area (Å²) >= 11 is 0. The Morgan fingerprint density at radius 3 is 2.50 bits per heavy atom. The number of aryl methyl sites for hydroxylation is 1. The van der Waals surface area contributed by atoms with Crippen molar-refractivity contribution in [1.29, 1.82) is 0 Å². The predicted molar refractivity (Wildman–Crippen MR) is 93.8 cm³/mol. The monoisotopic (exact) mass is 349 g/mol. The van der Waals surface area contributed by atoms with Gasteiger partial charge >= 0.3 is 0 Å². The van der Waals surface area contributed by atoms with Gasteiger partial charge in [0.15, 0.2) is 11.5 Å². The molecule has 0 aliphatic carbocycles. The van der Waals surface area contributed by atoms with Crippen LogP contribution in [-0.2, 0) is 4.79 Å². The van der Waals surface area contributed by atoms with Gasteiger partial charge in [0.1, 0.15) is 5.52 Å². The van der Waals surface area contributed by atoms with Gasteiger partial charge in [0.2, 0.25) is 5.91 Å². The predicted octanol–water partition coefficient (Wildman–Crippen LogP) is 2.76. The van der Waals surface area contributed by atoms with Crippen molar-refractivity contribution in [2.45, 2.75) is 13.3 Å². The number of hydrogen-bond acceptors (Lipinski definition) is 5. The molecule has 26 heavy (non-hydrogen) atoms. The number of benzene rings is 2. The zero-order valence-electron chi connectivity index (χ0n) is 14.0. The van der Waals surface area contributed by atoms with Crippen LogP contribution in [0.1, 0.15) is 33.0 Å². The number of nitrogens with zero attached hydrogens (tertiary/aromatic N) is 2. The molecule has 3 amide bonds. The Morgan fingerprint density at radius 2 is 1.81 bits per heavy atom. The topological polar surface area (TPSA) is 92.5 Å². The van der Waals surface area contributed by atoms with E-state index in [-0.39, 0.29) is 30.7 Å². The number of fused-ring (bicyclic) bond motifs is 2. The molecular weight excluding hydrogens is 334 g/mol. The number of imide groups is 1. The van der Waals surface area contributed by atoms with E-state index in [4.69, 9.17) is 4.42 Å². The summed E-state index contributed by atoms with van der Waals surface area (Å²) in [5, 5.41) is 2.75. The fourth-order valence-electron chi connectivity index (χ4n) is 3.00. The smallest absolute Gasteiger partial charge is 0.261 e. The Balaban J connectivity index is 1.41. The maximum Gasteiger partial charge on any atom is 0.261 e. The maximum absolute atomic E-state index is 12.3. The Hall–Kier alpha value is -3.48. The Bertz CT molecular complexity index is 1020. The zero-order chi connectivity index (χ0) is 18.3. The number of aromatic nitrogens is 1. The van der Waals surface area contributed by atoms with Gasteiger partial charge in [-0.3, -0.25) is 19.3 Å². The lowest BCUT2D eigenvalue weighted by Gasteiger charge is -2.13. The van der Waals surface area contributed by atoms with Crippen molar-refractivity contribution < 1.29 is 18.8 Å². The summed E-state index contributed by atoms with van der Waals surface area (Å²) in [6.07, 6.45) is 0.0152. The molecule has 1 aliphatic rings. The van der Waals surface area contributed by atoms with Gasteiger partial charge in [0.05, 0.1) is 11.1 Å². The first-order valence-corrected chi connectivity index (χ1v) is 8.15. The summed E-state index contributed by atoms with van der Waals surface area (Å²) in [4.78, 5) is 42.1. The van der Waals surface area contributed by atoms with E-state index in [9.17, 15) is 14.4 Å². The van der Waals surface area contributed by atoms with Crippen LogP contribution in [0.5, 0.6) is 0 Å². The van der Waals surface area contributed by atoms with Gasteiger partial charge in [0, 0.05) is 25.6 Å². The van der Waals surface area contributed by atoms with Crippen molar-refractivity contribution in [2.75, 3.05) is 11.9 Å². The minimum Gasteiger partial charge on any atom is -0.441 e. The van der Waals surface area contributed by atoms with E-state index >= 15 is 0 Å². The standard InChI is InChI=1S/C19H15N3O4/c1-11-20-15-10-12(6-7-16(15)26-11)21-17(23)8-9-22-18(24)13-4-2-3-5-14(13)19(22)25/h2-7,10H,8-9H2,1H3,(H,21,23). The molecule has 0 atom stereocenters. The average molecular weight is 349 g/mol. The van der Waals surface area contributed by atoms with Crippen LogP contribution < -0.4 is 5.32 Å². The highest BCUT2D eigenvalue weighted by atomic mass is 16.3. The summed E-state index contributed by atoms with van der Waals surface area (Å²) in [6.45, 7) is 1.78. The molecule has 130 valence electrons. The Morgan fingerprint density at radius 1 is 1.12 bits per heavy atom. The van der Waals surface area contributed by atoms with E-state index in [0.29, 0.717) is 33.8 Å². The van der Waals surface area contributed by atoms with Crippen LogP contribution in [0.4, 0.5) is 5.69 Å². The van der Waals surface area contributed by atoms with E-state index < -0.39 is 0 Å². The third-order valence-corrected chi connectivity index (χ3v) is 4.22. The molecule has 0 saturated carbocycles. The van der Waals surface area contributed by atoms with E-state index in [2.05, 4.69) is 10.3 Å².